The van der Waals surface area contributed by atoms with Crippen LogP contribution in [-0.4, -0.2) is 92.6 Å². The predicted octanol–water partition coefficient (Wildman–Crippen LogP) is 1.97. The Morgan fingerprint density at radius 2 is 2.13 bits per heavy atom. The number of carbonyl (C=O) groups excluding carboxylic acids is 3. The van der Waals surface area contributed by atoms with Crippen LogP contribution in [0.15, 0.2) is 35.4 Å². The van der Waals surface area contributed by atoms with Crippen LogP contribution in [0, 0.1) is 0 Å². The summed E-state index contributed by atoms with van der Waals surface area (Å²) in [6.45, 7) is 8.11. The largest absolute Gasteiger partial charge is 0.463 e. The van der Waals surface area contributed by atoms with Crippen molar-refractivity contribution < 1.29 is 42.4 Å². The van der Waals surface area contributed by atoms with Crippen LogP contribution in [0.3, 0.4) is 0 Å². The Bertz CT molecular complexity index is 803. The van der Waals surface area contributed by atoms with Gasteiger partial charge in [-0.3, -0.25) is 19.3 Å². The summed E-state index contributed by atoms with van der Waals surface area (Å²) in [5.41, 5.74) is 1.77. The van der Waals surface area contributed by atoms with Gasteiger partial charge >= 0.3 is 8.53 Å². The van der Waals surface area contributed by atoms with Crippen molar-refractivity contribution in [3.05, 3.63) is 35.4 Å². The molecule has 2 aliphatic rings. The molecule has 0 bridgehead atoms. The lowest BCUT2D eigenvalue weighted by atomic mass is 10.0. The van der Waals surface area contributed by atoms with Gasteiger partial charge in [0.15, 0.2) is 0 Å². The lowest BCUT2D eigenvalue weighted by Crippen LogP contribution is -2.38. The summed E-state index contributed by atoms with van der Waals surface area (Å²) in [4.78, 5) is 34.5. The van der Waals surface area contributed by atoms with E-state index in [0.29, 0.717) is 24.8 Å². The smallest absolute Gasteiger partial charge is 0.318 e. The van der Waals surface area contributed by atoms with E-state index in [1.165, 1.54) is 24.2 Å². The Labute approximate surface area is 233 Å². The van der Waals surface area contributed by atoms with Crippen molar-refractivity contribution >= 4 is 43.2 Å². The molecular weight excluding hydrogens is 590 g/mol. The van der Waals surface area contributed by atoms with E-state index in [4.69, 9.17) is 23.6 Å². The number of nitrogens with zero attached hydrogens (tertiary/aromatic N) is 1. The highest BCUT2D eigenvalue weighted by Gasteiger charge is 2.31. The third kappa shape index (κ3) is 13.1. The number of ether oxygens (including phenoxy) is 2. The van der Waals surface area contributed by atoms with Crippen LogP contribution in [-0.2, 0) is 32.9 Å². The molecule has 0 saturated carbocycles. The van der Waals surface area contributed by atoms with Crippen molar-refractivity contribution in [1.29, 1.82) is 0 Å². The molecule has 0 fully saturated rings. The number of dihydropyridines is 1. The van der Waals surface area contributed by atoms with E-state index in [-0.39, 0.29) is 37.9 Å². The summed E-state index contributed by atoms with van der Waals surface area (Å²) in [7, 11) is 0.0987. The zero-order valence-corrected chi connectivity index (χ0v) is 24.8. The number of nitrogens with one attached hydrogen (secondary N) is 3. The minimum atomic E-state index is -1.40. The van der Waals surface area contributed by atoms with Gasteiger partial charge in [0, 0.05) is 48.5 Å². The summed E-state index contributed by atoms with van der Waals surface area (Å²) in [6, 6.07) is -0.0413. The van der Waals surface area contributed by atoms with E-state index in [1.54, 1.807) is 0 Å². The molecule has 4 atom stereocenters. The van der Waals surface area contributed by atoms with Crippen LogP contribution in [0.2, 0.25) is 0 Å². The molecule has 0 aromatic heterocycles. The first-order valence-corrected chi connectivity index (χ1v) is 14.2. The molecule has 2 aliphatic heterocycles. The highest BCUT2D eigenvalue weighted by Crippen LogP contribution is 2.43. The lowest BCUT2D eigenvalue weighted by molar-refractivity contribution is -0.130. The number of likely N-dealkylation sites (N-methyl/N-ethyl adjacent to an activating group) is 1. The number of halogens is 2. The number of hydrogen-bond acceptors (Lipinski definition) is 10. The summed E-state index contributed by atoms with van der Waals surface area (Å²) >= 11 is 3.32. The van der Waals surface area contributed by atoms with Gasteiger partial charge in [-0.05, 0) is 13.8 Å². The number of alkyl halides is 2. The molecule has 0 aliphatic carbocycles. The molecule has 12 nitrogen and oxygen atoms in total. The molecule has 0 aromatic carbocycles. The second kappa shape index (κ2) is 21.8. The predicted molar refractivity (Wildman–Crippen MR) is 145 cm³/mol. The second-order valence-corrected chi connectivity index (χ2v) is 9.16. The number of rotatable bonds is 14. The molecule has 2 amide bonds. The van der Waals surface area contributed by atoms with E-state index >= 15 is 0 Å². The van der Waals surface area contributed by atoms with E-state index in [2.05, 4.69) is 31.7 Å². The number of carbonyl (C=O) groups is 3. The summed E-state index contributed by atoms with van der Waals surface area (Å²) in [5.74, 6) is 0.418. The van der Waals surface area contributed by atoms with Gasteiger partial charge < -0.3 is 34.3 Å². The Balaban J connectivity index is 0.00000208. The number of amides is 2. The van der Waals surface area contributed by atoms with Crippen molar-refractivity contribution in [2.45, 2.75) is 46.1 Å². The van der Waals surface area contributed by atoms with Gasteiger partial charge in [-0.25, -0.2) is 9.48 Å². The Morgan fingerprint density at radius 3 is 2.68 bits per heavy atom. The zero-order valence-electron chi connectivity index (χ0n) is 22.3. The third-order valence-corrected chi connectivity index (χ3v) is 6.31. The van der Waals surface area contributed by atoms with Gasteiger partial charge in [0.1, 0.15) is 25.3 Å². The molecule has 15 heteroatoms. The molecule has 2 heterocycles. The molecule has 0 radical (unpaired) electrons. The van der Waals surface area contributed by atoms with Gasteiger partial charge in [-0.2, -0.15) is 0 Å². The van der Waals surface area contributed by atoms with E-state index in [9.17, 15) is 18.8 Å². The minimum Gasteiger partial charge on any atom is -0.463 e. The quantitative estimate of drug-likeness (QED) is 0.0740. The summed E-state index contributed by atoms with van der Waals surface area (Å²) < 4.78 is 33.1. The number of hydrogen-bond donors (Lipinski definition) is 4. The molecule has 4 unspecified atom stereocenters. The zero-order chi connectivity index (χ0) is 28.9. The van der Waals surface area contributed by atoms with Crippen LogP contribution >= 0.6 is 24.5 Å². The average Bonchev–Trinajstić information content (AvgIpc) is 2.96. The van der Waals surface area contributed by atoms with Crippen LogP contribution in [0.4, 0.5) is 4.39 Å². The number of aliphatic hydroxyl groups is 1. The Morgan fingerprint density at radius 1 is 1.45 bits per heavy atom. The van der Waals surface area contributed by atoms with Gasteiger partial charge in [-0.1, -0.05) is 29.8 Å². The van der Waals surface area contributed by atoms with Crippen molar-refractivity contribution in [2.24, 2.45) is 0 Å². The Kier molecular flexibility index (Phi) is 20.6. The van der Waals surface area contributed by atoms with E-state index < -0.39 is 21.4 Å². The maximum absolute atomic E-state index is 11.4. The van der Waals surface area contributed by atoms with Gasteiger partial charge in [0.2, 0.25) is 12.3 Å². The van der Waals surface area contributed by atoms with E-state index in [1.807, 2.05) is 33.9 Å². The summed E-state index contributed by atoms with van der Waals surface area (Å²) in [5, 5.41) is 16.7. The van der Waals surface area contributed by atoms with Crippen LogP contribution in [0.5, 0.6) is 0 Å². The first kappa shape index (κ1) is 35.9. The fraction of sp³-hybridized carbons (Fsp3) is 0.609. The highest BCUT2D eigenvalue weighted by molar-refractivity contribution is 9.09. The Hall–Kier alpha value is -2.09. The molecule has 4 N–H and O–H groups in total. The fourth-order valence-electron chi connectivity index (χ4n) is 2.84. The van der Waals surface area contributed by atoms with Gasteiger partial charge in [-0.15, -0.1) is 0 Å². The maximum Gasteiger partial charge on any atom is 0.318 e. The van der Waals surface area contributed by atoms with Crippen LogP contribution in [0.1, 0.15) is 27.7 Å². The molecule has 0 aromatic rings. The van der Waals surface area contributed by atoms with Crippen molar-refractivity contribution in [3.8, 4) is 0 Å². The molecule has 38 heavy (non-hydrogen) atoms. The second-order valence-electron chi connectivity index (χ2n) is 7.24. The molecule has 0 saturated heterocycles. The fourth-order valence-corrected chi connectivity index (χ4v) is 4.61. The first-order valence-electron chi connectivity index (χ1n) is 11.9. The van der Waals surface area contributed by atoms with Crippen molar-refractivity contribution in [1.82, 2.24) is 20.6 Å². The topological polar surface area (TPSA) is 148 Å². The SMILES string of the molecule is CC.CNC(=O)/C=C\N(C=O)C(CBr)OC(C)COP1NCC2=C(O1)C(C)NC=C2COC=O.OCCF. The molecule has 218 valence electrons. The van der Waals surface area contributed by atoms with Crippen molar-refractivity contribution in [3.63, 3.8) is 0 Å². The number of aliphatic hydroxyl groups excluding tert-OH is 1. The van der Waals surface area contributed by atoms with Crippen molar-refractivity contribution in [2.75, 3.05) is 45.4 Å². The first-order chi connectivity index (χ1) is 18.3. The molecule has 2 rings (SSSR count). The van der Waals surface area contributed by atoms with E-state index in [0.717, 1.165) is 16.9 Å². The standard InChI is InChI=1S/C19H28BrN4O7P.C2H5FO.C2H6/c1-13(30-18(6-20)24(11-25)5-4-17(27)21-3)9-29-32-23-8-16-15(10-28-12-26)7-22-14(2)19(16)31-32;3-1-2-4;1-2/h4-5,7,11-14,18,22-23H,6,8-10H2,1-3H3,(H,21,27);4H,1-2H2;1-2H3/b5-4-;;. The third-order valence-electron chi connectivity index (χ3n) is 4.59. The normalized spacial score (nSPS) is 19.5. The van der Waals surface area contributed by atoms with Crippen LogP contribution < -0.4 is 15.7 Å². The summed E-state index contributed by atoms with van der Waals surface area (Å²) in [6.07, 6.45) is 4.01. The molecule has 0 spiro atoms. The minimum absolute atomic E-state index is 0.0413. The maximum atomic E-state index is 11.4. The highest BCUT2D eigenvalue weighted by atomic mass is 79.9. The van der Waals surface area contributed by atoms with Gasteiger partial charge in [0.25, 0.3) is 6.47 Å². The van der Waals surface area contributed by atoms with Gasteiger partial charge in [0.05, 0.1) is 25.4 Å². The average molecular weight is 629 g/mol. The molecular formula is C23H39BrFN4O8P. The van der Waals surface area contributed by atoms with Crippen LogP contribution in [0.25, 0.3) is 0 Å². The lowest BCUT2D eigenvalue weighted by Gasteiger charge is -2.34. The monoisotopic (exact) mass is 628 g/mol.